The van der Waals surface area contributed by atoms with Crippen LogP contribution < -0.4 is 16.4 Å². The number of nitrogens with zero attached hydrogens (tertiary/aromatic N) is 4. The Labute approximate surface area is 238 Å². The lowest BCUT2D eigenvalue weighted by Gasteiger charge is -2.39. The summed E-state index contributed by atoms with van der Waals surface area (Å²) in [6.45, 7) is 11.8. The predicted octanol–water partition coefficient (Wildman–Crippen LogP) is 7.31. The molecule has 2 heterocycles. The molecule has 0 spiro atoms. The van der Waals surface area contributed by atoms with Crippen LogP contribution in [0.2, 0.25) is 0 Å². The summed E-state index contributed by atoms with van der Waals surface area (Å²) in [7, 11) is 0. The van der Waals surface area contributed by atoms with Crippen molar-refractivity contribution >= 4 is 17.6 Å². The van der Waals surface area contributed by atoms with E-state index in [1.54, 1.807) is 0 Å². The molecule has 10 heteroatoms. The summed E-state index contributed by atoms with van der Waals surface area (Å²) in [5.41, 5.74) is 7.45. The fraction of sp³-hybridized carbons (Fsp3) is 0.700. The summed E-state index contributed by atoms with van der Waals surface area (Å²) >= 11 is 0. The zero-order valence-electron chi connectivity index (χ0n) is 24.5. The van der Waals surface area contributed by atoms with Crippen LogP contribution in [0.3, 0.4) is 0 Å². The number of halogens is 3. The third-order valence-electron chi connectivity index (χ3n) is 7.70. The van der Waals surface area contributed by atoms with Gasteiger partial charge in [-0.2, -0.15) is 23.1 Å². The van der Waals surface area contributed by atoms with Gasteiger partial charge < -0.3 is 21.3 Å². The number of rotatable bonds is 16. The van der Waals surface area contributed by atoms with Crippen LogP contribution in [0.15, 0.2) is 35.2 Å². The van der Waals surface area contributed by atoms with E-state index in [0.29, 0.717) is 31.0 Å². The number of nitrogens with two attached hydrogens (primary N) is 1. The Hall–Kier alpha value is -2.78. The van der Waals surface area contributed by atoms with Crippen molar-refractivity contribution in [1.29, 1.82) is 0 Å². The topological polar surface area (TPSA) is 91.5 Å². The van der Waals surface area contributed by atoms with E-state index in [-0.39, 0.29) is 17.6 Å². The number of anilines is 1. The first-order valence-electron chi connectivity index (χ1n) is 15.1. The van der Waals surface area contributed by atoms with E-state index in [1.165, 1.54) is 0 Å². The summed E-state index contributed by atoms with van der Waals surface area (Å²) in [6, 6.07) is 0.816. The van der Waals surface area contributed by atoms with Gasteiger partial charge >= 0.3 is 6.18 Å². The minimum atomic E-state index is -4.58. The molecule has 0 bridgehead atoms. The van der Waals surface area contributed by atoms with E-state index >= 15 is 0 Å². The van der Waals surface area contributed by atoms with E-state index in [0.717, 1.165) is 94.6 Å². The molecule has 4 N–H and O–H groups in total. The Balaban J connectivity index is 1.72. The molecule has 1 unspecified atom stereocenters. The molecule has 1 saturated carbocycles. The summed E-state index contributed by atoms with van der Waals surface area (Å²) in [4.78, 5) is 14.7. The van der Waals surface area contributed by atoms with E-state index in [1.807, 2.05) is 6.20 Å². The molecule has 1 aliphatic carbocycles. The number of nitrogens with one attached hydrogen (secondary N) is 2. The lowest BCUT2D eigenvalue weighted by atomic mass is 9.96. The second-order valence-electron chi connectivity index (χ2n) is 11.1. The van der Waals surface area contributed by atoms with Crippen molar-refractivity contribution in [3.63, 3.8) is 0 Å². The van der Waals surface area contributed by atoms with E-state index < -0.39 is 11.7 Å². The molecule has 1 aromatic heterocycles. The van der Waals surface area contributed by atoms with Crippen molar-refractivity contribution in [2.45, 2.75) is 116 Å². The molecule has 7 nitrogen and oxygen atoms in total. The Morgan fingerprint density at radius 1 is 1.20 bits per heavy atom. The molecule has 1 aromatic rings. The van der Waals surface area contributed by atoms with Gasteiger partial charge in [0.2, 0.25) is 0 Å². The van der Waals surface area contributed by atoms with Gasteiger partial charge in [0, 0.05) is 48.8 Å². The van der Waals surface area contributed by atoms with Gasteiger partial charge in [-0.1, -0.05) is 46.6 Å². The van der Waals surface area contributed by atoms with Gasteiger partial charge in [0.05, 0.1) is 0 Å². The van der Waals surface area contributed by atoms with Crippen LogP contribution in [0.1, 0.15) is 103 Å². The summed E-state index contributed by atoms with van der Waals surface area (Å²) in [6.07, 6.45) is 10.6. The lowest BCUT2D eigenvalue weighted by Crippen LogP contribution is -2.38. The molecule has 1 saturated heterocycles. The zero-order chi connectivity index (χ0) is 29.1. The molecule has 1 aliphatic heterocycles. The third kappa shape index (κ3) is 9.41. The molecule has 1 atom stereocenters. The number of allylic oxidation sites excluding steroid dienone is 1. The van der Waals surface area contributed by atoms with Crippen LogP contribution in [0.25, 0.3) is 0 Å². The number of likely N-dealkylation sites (tertiary alicyclic amines) is 1. The van der Waals surface area contributed by atoms with Crippen LogP contribution in [-0.2, 0) is 6.18 Å². The lowest BCUT2D eigenvalue weighted by molar-refractivity contribution is -0.137. The standard InChI is InChI=1S/C30H48F3N7/c1-5-10-23(11-6-2)36-19-25(22-15-16-22)27(34)38-29-37-20-26(30(31,32)33)28(39-29)35-17-9-18-40-21(4)13-8-14-24(40)12-7-3/h19-20,22-24,36H,4-18H2,1-3H3,(H3,34,35,37,38,39)/b25-19-. The van der Waals surface area contributed by atoms with Crippen LogP contribution in [0.5, 0.6) is 0 Å². The van der Waals surface area contributed by atoms with Gasteiger partial charge in [-0.05, 0) is 63.7 Å². The third-order valence-corrected chi connectivity index (χ3v) is 7.70. The molecular weight excluding hydrogens is 515 g/mol. The molecule has 3 rings (SSSR count). The Bertz CT molecular complexity index is 1010. The first-order valence-corrected chi connectivity index (χ1v) is 15.1. The highest BCUT2D eigenvalue weighted by atomic mass is 19.4. The quantitative estimate of drug-likeness (QED) is 0.111. The maximum absolute atomic E-state index is 13.8. The van der Waals surface area contributed by atoms with Crippen LogP contribution >= 0.6 is 0 Å². The number of piperidine rings is 1. The Morgan fingerprint density at radius 3 is 2.55 bits per heavy atom. The van der Waals surface area contributed by atoms with Crippen molar-refractivity contribution in [2.24, 2.45) is 16.6 Å². The molecular formula is C30H48F3N7. The van der Waals surface area contributed by atoms with Gasteiger partial charge in [-0.3, -0.25) is 0 Å². The SMILES string of the molecule is C=C1CCCC(CCC)N1CCCNc1nc(/N=C(N)/C(=C\NC(CCC)CCC)C2CC2)ncc1C(F)(F)F. The van der Waals surface area contributed by atoms with E-state index in [9.17, 15) is 13.2 Å². The normalized spacial score (nSPS) is 18.9. The van der Waals surface area contributed by atoms with Gasteiger partial charge in [-0.25, -0.2) is 4.98 Å². The molecule has 40 heavy (non-hydrogen) atoms. The Morgan fingerprint density at radius 2 is 1.93 bits per heavy atom. The maximum Gasteiger partial charge on any atom is 0.421 e. The van der Waals surface area contributed by atoms with Gasteiger partial charge in [0.25, 0.3) is 5.95 Å². The number of hydrogen-bond acceptors (Lipinski definition) is 6. The van der Waals surface area contributed by atoms with Gasteiger partial charge in [-0.15, -0.1) is 0 Å². The molecule has 0 amide bonds. The van der Waals surface area contributed by atoms with Crippen molar-refractivity contribution in [3.05, 3.63) is 35.8 Å². The minimum absolute atomic E-state index is 0.0781. The predicted molar refractivity (Wildman–Crippen MR) is 157 cm³/mol. The zero-order valence-corrected chi connectivity index (χ0v) is 24.5. The average molecular weight is 564 g/mol. The van der Waals surface area contributed by atoms with Crippen LogP contribution in [0, 0.1) is 5.92 Å². The Kier molecular flexibility index (Phi) is 12.1. The summed E-state index contributed by atoms with van der Waals surface area (Å²) in [5, 5.41) is 6.39. The minimum Gasteiger partial charge on any atom is -0.388 e. The maximum atomic E-state index is 13.8. The summed E-state index contributed by atoms with van der Waals surface area (Å²) in [5.74, 6) is 0.203. The number of alkyl halides is 3. The molecule has 224 valence electrons. The van der Waals surface area contributed by atoms with E-state index in [4.69, 9.17) is 5.73 Å². The second-order valence-corrected chi connectivity index (χ2v) is 11.1. The fourth-order valence-electron chi connectivity index (χ4n) is 5.48. The van der Waals surface area contributed by atoms with Crippen molar-refractivity contribution in [2.75, 3.05) is 18.4 Å². The van der Waals surface area contributed by atoms with E-state index in [2.05, 4.69) is 57.8 Å². The number of aromatic nitrogens is 2. The monoisotopic (exact) mass is 563 g/mol. The van der Waals surface area contributed by atoms with Crippen molar-refractivity contribution in [3.8, 4) is 0 Å². The first kappa shape index (κ1) is 31.7. The number of aliphatic imine (C=N–C) groups is 1. The summed E-state index contributed by atoms with van der Waals surface area (Å²) < 4.78 is 41.3. The molecule has 0 aromatic carbocycles. The van der Waals surface area contributed by atoms with Crippen molar-refractivity contribution in [1.82, 2.24) is 20.2 Å². The highest BCUT2D eigenvalue weighted by Crippen LogP contribution is 2.37. The highest BCUT2D eigenvalue weighted by molar-refractivity contribution is 5.99. The molecule has 2 fully saturated rings. The largest absolute Gasteiger partial charge is 0.421 e. The average Bonchev–Trinajstić information content (AvgIpc) is 3.73. The number of hydrogen-bond donors (Lipinski definition) is 3. The second kappa shape index (κ2) is 15.3. The van der Waals surface area contributed by atoms with Crippen molar-refractivity contribution < 1.29 is 13.2 Å². The van der Waals surface area contributed by atoms with Crippen LogP contribution in [-0.4, -0.2) is 45.9 Å². The van der Waals surface area contributed by atoms with Gasteiger partial charge in [0.1, 0.15) is 17.2 Å². The van der Waals surface area contributed by atoms with Crippen LogP contribution in [0.4, 0.5) is 24.9 Å². The number of amidine groups is 1. The first-order chi connectivity index (χ1) is 19.2. The highest BCUT2D eigenvalue weighted by Gasteiger charge is 2.35. The van der Waals surface area contributed by atoms with Gasteiger partial charge in [0.15, 0.2) is 0 Å². The molecule has 0 radical (unpaired) electrons. The fourth-order valence-corrected chi connectivity index (χ4v) is 5.48. The smallest absolute Gasteiger partial charge is 0.388 e. The molecule has 2 aliphatic rings.